The summed E-state index contributed by atoms with van der Waals surface area (Å²) in [5, 5.41) is 18.6. The van der Waals surface area contributed by atoms with Crippen LogP contribution in [0.1, 0.15) is 25.8 Å². The van der Waals surface area contributed by atoms with Gasteiger partial charge < -0.3 is 14.8 Å². The molecule has 0 atom stereocenters. The van der Waals surface area contributed by atoms with E-state index in [9.17, 15) is 23.6 Å². The summed E-state index contributed by atoms with van der Waals surface area (Å²) >= 11 is 0.775. The topological polar surface area (TPSA) is 79.7 Å². The van der Waals surface area contributed by atoms with Gasteiger partial charge in [0.1, 0.15) is 10.6 Å². The standard InChI is InChI=1S/C13H14BF2NO4S/c1-13(2,3)21-9(18)5-8-17-11-6(14(19)20)4-7(15)10(16)12(11)22-8/h4,19-20H,5H2,1-3H3. The van der Waals surface area contributed by atoms with E-state index < -0.39 is 30.3 Å². The molecule has 1 aromatic carbocycles. The number of hydrogen-bond acceptors (Lipinski definition) is 6. The maximum atomic E-state index is 13.8. The lowest BCUT2D eigenvalue weighted by atomic mass is 9.79. The Labute approximate surface area is 129 Å². The summed E-state index contributed by atoms with van der Waals surface area (Å²) in [6.45, 7) is 5.12. The summed E-state index contributed by atoms with van der Waals surface area (Å²) in [6.07, 6.45) is -0.210. The van der Waals surface area contributed by atoms with Gasteiger partial charge in [0.25, 0.3) is 0 Å². The normalized spacial score (nSPS) is 11.8. The minimum absolute atomic E-state index is 0.0718. The van der Waals surface area contributed by atoms with Crippen molar-refractivity contribution >= 4 is 40.1 Å². The lowest BCUT2D eigenvalue weighted by Crippen LogP contribution is -2.31. The fraction of sp³-hybridized carbons (Fsp3) is 0.385. The first-order valence-electron chi connectivity index (χ1n) is 6.44. The van der Waals surface area contributed by atoms with Gasteiger partial charge in [-0.3, -0.25) is 4.79 Å². The SMILES string of the molecule is CC(C)(C)OC(=O)Cc1nc2c(B(O)O)cc(F)c(F)c2s1. The lowest BCUT2D eigenvalue weighted by Gasteiger charge is -2.18. The molecule has 0 aliphatic heterocycles. The maximum Gasteiger partial charge on any atom is 0.490 e. The fourth-order valence-corrected chi connectivity index (χ4v) is 2.87. The number of esters is 1. The average molecular weight is 329 g/mol. The Kier molecular flexibility index (Phi) is 4.50. The van der Waals surface area contributed by atoms with Crippen LogP contribution in [-0.4, -0.2) is 33.7 Å². The third-order valence-electron chi connectivity index (χ3n) is 2.63. The first-order chi connectivity index (χ1) is 10.1. The molecule has 22 heavy (non-hydrogen) atoms. The van der Waals surface area contributed by atoms with Crippen LogP contribution in [-0.2, 0) is 16.0 Å². The molecule has 0 saturated carbocycles. The smallest absolute Gasteiger partial charge is 0.460 e. The number of benzene rings is 1. The Balaban J connectivity index is 2.40. The Bertz CT molecular complexity index is 727. The van der Waals surface area contributed by atoms with Gasteiger partial charge in [0.2, 0.25) is 0 Å². The molecule has 0 aliphatic carbocycles. The summed E-state index contributed by atoms with van der Waals surface area (Å²) in [5.74, 6) is -2.89. The Morgan fingerprint density at radius 1 is 1.41 bits per heavy atom. The number of halogens is 2. The van der Waals surface area contributed by atoms with Gasteiger partial charge in [-0.1, -0.05) is 0 Å². The van der Waals surface area contributed by atoms with E-state index in [1.54, 1.807) is 20.8 Å². The van der Waals surface area contributed by atoms with Crippen LogP contribution in [0.2, 0.25) is 0 Å². The number of nitrogens with zero attached hydrogens (tertiary/aromatic N) is 1. The molecular formula is C13H14BF2NO4S. The monoisotopic (exact) mass is 329 g/mol. The molecule has 0 aliphatic rings. The van der Waals surface area contributed by atoms with E-state index >= 15 is 0 Å². The molecule has 5 nitrogen and oxygen atoms in total. The second kappa shape index (κ2) is 5.90. The number of aromatic nitrogens is 1. The van der Waals surface area contributed by atoms with Crippen LogP contribution in [0.3, 0.4) is 0 Å². The minimum Gasteiger partial charge on any atom is -0.460 e. The zero-order chi connectivity index (χ0) is 16.7. The molecule has 1 aromatic heterocycles. The van der Waals surface area contributed by atoms with E-state index in [0.717, 1.165) is 11.3 Å². The highest BCUT2D eigenvalue weighted by Gasteiger charge is 2.25. The number of carbonyl (C=O) groups excluding carboxylic acids is 1. The fourth-order valence-electron chi connectivity index (χ4n) is 1.86. The quantitative estimate of drug-likeness (QED) is 0.652. The number of ether oxygens (including phenoxy) is 1. The highest BCUT2D eigenvalue weighted by molar-refractivity contribution is 7.18. The zero-order valence-electron chi connectivity index (χ0n) is 12.2. The Hall–Kier alpha value is -1.58. The van der Waals surface area contributed by atoms with Gasteiger partial charge in [0.05, 0.1) is 16.6 Å². The highest BCUT2D eigenvalue weighted by Crippen LogP contribution is 2.26. The van der Waals surface area contributed by atoms with Gasteiger partial charge in [0.15, 0.2) is 11.6 Å². The van der Waals surface area contributed by atoms with E-state index in [2.05, 4.69) is 4.98 Å². The molecule has 2 rings (SSSR count). The summed E-state index contributed by atoms with van der Waals surface area (Å²) < 4.78 is 32.2. The maximum absolute atomic E-state index is 13.8. The van der Waals surface area contributed by atoms with Crippen molar-refractivity contribution in [2.75, 3.05) is 0 Å². The number of thiazole rings is 1. The molecule has 1 heterocycles. The summed E-state index contributed by atoms with van der Waals surface area (Å²) in [5.41, 5.74) is -0.990. The first kappa shape index (κ1) is 16.8. The Morgan fingerprint density at radius 3 is 2.59 bits per heavy atom. The van der Waals surface area contributed by atoms with Crippen molar-refractivity contribution in [3.8, 4) is 0 Å². The van der Waals surface area contributed by atoms with Crippen LogP contribution in [0.15, 0.2) is 6.07 Å². The molecular weight excluding hydrogens is 315 g/mol. The van der Waals surface area contributed by atoms with Crippen LogP contribution >= 0.6 is 11.3 Å². The van der Waals surface area contributed by atoms with E-state index in [-0.39, 0.29) is 27.1 Å². The lowest BCUT2D eigenvalue weighted by molar-refractivity contribution is -0.153. The van der Waals surface area contributed by atoms with Gasteiger partial charge in [0, 0.05) is 5.46 Å². The largest absolute Gasteiger partial charge is 0.490 e. The van der Waals surface area contributed by atoms with Gasteiger partial charge in [-0.15, -0.1) is 11.3 Å². The molecule has 9 heteroatoms. The van der Waals surface area contributed by atoms with Crippen molar-refractivity contribution in [1.29, 1.82) is 0 Å². The highest BCUT2D eigenvalue weighted by atomic mass is 32.1. The summed E-state index contributed by atoms with van der Waals surface area (Å²) in [4.78, 5) is 15.8. The number of fused-ring (bicyclic) bond motifs is 1. The minimum atomic E-state index is -1.99. The van der Waals surface area contributed by atoms with Gasteiger partial charge in [-0.2, -0.15) is 0 Å². The molecule has 0 unspecified atom stereocenters. The number of rotatable bonds is 3. The van der Waals surface area contributed by atoms with Crippen LogP contribution < -0.4 is 5.46 Å². The van der Waals surface area contributed by atoms with Crippen molar-refractivity contribution in [2.24, 2.45) is 0 Å². The molecule has 2 aromatic rings. The van der Waals surface area contributed by atoms with Crippen molar-refractivity contribution in [1.82, 2.24) is 4.98 Å². The van der Waals surface area contributed by atoms with E-state index in [0.29, 0.717) is 6.07 Å². The first-order valence-corrected chi connectivity index (χ1v) is 7.25. The number of carbonyl (C=O) groups is 1. The van der Waals surface area contributed by atoms with Crippen LogP contribution in [0, 0.1) is 11.6 Å². The van der Waals surface area contributed by atoms with E-state index in [1.165, 1.54) is 0 Å². The molecule has 2 N–H and O–H groups in total. The number of hydrogen-bond donors (Lipinski definition) is 2. The molecule has 118 valence electrons. The predicted molar refractivity (Wildman–Crippen MR) is 78.9 cm³/mol. The van der Waals surface area contributed by atoms with Crippen molar-refractivity contribution in [3.05, 3.63) is 22.7 Å². The van der Waals surface area contributed by atoms with Crippen molar-refractivity contribution in [2.45, 2.75) is 32.8 Å². The summed E-state index contributed by atoms with van der Waals surface area (Å²) in [6, 6.07) is 0.680. The van der Waals surface area contributed by atoms with Crippen molar-refractivity contribution < 1.29 is 28.4 Å². The van der Waals surface area contributed by atoms with Crippen LogP contribution in [0.5, 0.6) is 0 Å². The molecule has 0 amide bonds. The zero-order valence-corrected chi connectivity index (χ0v) is 13.0. The third-order valence-corrected chi connectivity index (χ3v) is 3.68. The van der Waals surface area contributed by atoms with E-state index in [1.807, 2.05) is 0 Å². The molecule has 0 fully saturated rings. The van der Waals surface area contributed by atoms with E-state index in [4.69, 9.17) is 4.74 Å². The van der Waals surface area contributed by atoms with Gasteiger partial charge in [-0.05, 0) is 26.8 Å². The second-order valence-electron chi connectivity index (χ2n) is 5.68. The molecule has 0 saturated heterocycles. The summed E-state index contributed by atoms with van der Waals surface area (Å²) in [7, 11) is -1.99. The predicted octanol–water partition coefficient (Wildman–Crippen LogP) is 1.14. The van der Waals surface area contributed by atoms with Gasteiger partial charge in [-0.25, -0.2) is 13.8 Å². The molecule has 0 bridgehead atoms. The van der Waals surface area contributed by atoms with Crippen LogP contribution in [0.25, 0.3) is 10.2 Å². The van der Waals surface area contributed by atoms with Crippen LogP contribution in [0.4, 0.5) is 8.78 Å². The molecule has 0 radical (unpaired) electrons. The van der Waals surface area contributed by atoms with Gasteiger partial charge >= 0.3 is 13.1 Å². The van der Waals surface area contributed by atoms with Crippen molar-refractivity contribution in [3.63, 3.8) is 0 Å². The third kappa shape index (κ3) is 3.60. The average Bonchev–Trinajstić information content (AvgIpc) is 2.74. The Morgan fingerprint density at radius 2 is 2.05 bits per heavy atom. The molecule has 0 spiro atoms. The second-order valence-corrected chi connectivity index (χ2v) is 6.77.